The minimum absolute atomic E-state index is 0.0525. The summed E-state index contributed by atoms with van der Waals surface area (Å²) in [6, 6.07) is 19.6. The molecule has 0 spiro atoms. The molecule has 0 fully saturated rings. The first-order chi connectivity index (χ1) is 18.5. The number of rotatable bonds is 12. The number of nitrogens with one attached hydrogen (secondary N) is 1. The monoisotopic (exact) mass is 569 g/mol. The van der Waals surface area contributed by atoms with Crippen LogP contribution in [0.2, 0.25) is 5.02 Å². The zero-order valence-electron chi connectivity index (χ0n) is 22.9. The van der Waals surface area contributed by atoms with E-state index in [0.29, 0.717) is 11.6 Å². The van der Waals surface area contributed by atoms with Gasteiger partial charge in [0.1, 0.15) is 12.6 Å². The molecule has 9 heteroatoms. The van der Waals surface area contributed by atoms with E-state index in [-0.39, 0.29) is 23.0 Å². The SMILES string of the molecule is CCCCNC(=O)[C@H](C)N(Cc1ccccc1C)C(=O)CN(c1cccc(Cl)c1)S(=O)(=O)c1ccc(C)cc1. The minimum atomic E-state index is -4.13. The molecule has 7 nitrogen and oxygen atoms in total. The number of benzene rings is 3. The fourth-order valence-electron chi connectivity index (χ4n) is 4.09. The van der Waals surface area contributed by atoms with E-state index in [2.05, 4.69) is 5.32 Å². The number of carbonyl (C=O) groups is 2. The number of carbonyl (C=O) groups excluding carboxylic acids is 2. The summed E-state index contributed by atoms with van der Waals surface area (Å²) in [5, 5.41) is 3.23. The summed E-state index contributed by atoms with van der Waals surface area (Å²) in [7, 11) is -4.13. The van der Waals surface area contributed by atoms with Crippen LogP contribution in [0.4, 0.5) is 5.69 Å². The molecule has 39 heavy (non-hydrogen) atoms. The first-order valence-electron chi connectivity index (χ1n) is 13.0. The second kappa shape index (κ2) is 13.6. The van der Waals surface area contributed by atoms with Crippen LogP contribution in [-0.2, 0) is 26.2 Å². The Kier molecular flexibility index (Phi) is 10.5. The van der Waals surface area contributed by atoms with Gasteiger partial charge in [0.05, 0.1) is 10.6 Å². The number of sulfonamides is 1. The Labute approximate surface area is 236 Å². The van der Waals surface area contributed by atoms with Crippen molar-refractivity contribution < 1.29 is 18.0 Å². The fraction of sp³-hybridized carbons (Fsp3) is 0.333. The largest absolute Gasteiger partial charge is 0.354 e. The number of amides is 2. The third kappa shape index (κ3) is 7.83. The number of hydrogen-bond donors (Lipinski definition) is 1. The Bertz CT molecular complexity index is 1390. The van der Waals surface area contributed by atoms with Crippen molar-refractivity contribution in [3.8, 4) is 0 Å². The molecular weight excluding hydrogens is 534 g/mol. The lowest BCUT2D eigenvalue weighted by Gasteiger charge is -2.32. The van der Waals surface area contributed by atoms with Gasteiger partial charge in [0, 0.05) is 18.1 Å². The van der Waals surface area contributed by atoms with Crippen LogP contribution in [0.3, 0.4) is 0 Å². The van der Waals surface area contributed by atoms with Gasteiger partial charge >= 0.3 is 0 Å². The maximum atomic E-state index is 13.9. The van der Waals surface area contributed by atoms with Gasteiger partial charge in [-0.2, -0.15) is 0 Å². The topological polar surface area (TPSA) is 86.8 Å². The fourth-order valence-corrected chi connectivity index (χ4v) is 5.68. The van der Waals surface area contributed by atoms with E-state index in [1.54, 1.807) is 37.3 Å². The van der Waals surface area contributed by atoms with E-state index in [0.717, 1.165) is 33.8 Å². The third-order valence-electron chi connectivity index (χ3n) is 6.58. The third-order valence-corrected chi connectivity index (χ3v) is 8.61. The maximum absolute atomic E-state index is 13.9. The average molecular weight is 570 g/mol. The van der Waals surface area contributed by atoms with Crippen molar-refractivity contribution >= 4 is 39.1 Å². The van der Waals surface area contributed by atoms with Gasteiger partial charge in [-0.3, -0.25) is 13.9 Å². The standard InChI is InChI=1S/C30H36ClN3O4S/c1-5-6-18-32-30(36)24(4)33(20-25-11-8-7-10-23(25)3)29(35)21-34(27-13-9-12-26(31)19-27)39(37,38)28-16-14-22(2)15-17-28/h7-17,19,24H,5-6,18,20-21H2,1-4H3,(H,32,36)/t24-/m0/s1. The van der Waals surface area contributed by atoms with Crippen molar-refractivity contribution in [1.29, 1.82) is 0 Å². The molecule has 0 unspecified atom stereocenters. The molecule has 3 aromatic rings. The van der Waals surface area contributed by atoms with Crippen LogP contribution in [-0.4, -0.2) is 44.3 Å². The lowest BCUT2D eigenvalue weighted by atomic mass is 10.1. The molecule has 0 radical (unpaired) electrons. The minimum Gasteiger partial charge on any atom is -0.354 e. The number of nitrogens with zero attached hydrogens (tertiary/aromatic N) is 2. The highest BCUT2D eigenvalue weighted by atomic mass is 35.5. The van der Waals surface area contributed by atoms with Crippen molar-refractivity contribution in [1.82, 2.24) is 10.2 Å². The van der Waals surface area contributed by atoms with Gasteiger partial charge in [-0.15, -0.1) is 0 Å². The van der Waals surface area contributed by atoms with Crippen LogP contribution in [0.25, 0.3) is 0 Å². The molecule has 2 amide bonds. The van der Waals surface area contributed by atoms with Crippen molar-refractivity contribution in [2.75, 3.05) is 17.4 Å². The van der Waals surface area contributed by atoms with Gasteiger partial charge in [-0.1, -0.05) is 73.0 Å². The van der Waals surface area contributed by atoms with Gasteiger partial charge in [0.2, 0.25) is 11.8 Å². The maximum Gasteiger partial charge on any atom is 0.264 e. The van der Waals surface area contributed by atoms with E-state index >= 15 is 0 Å². The van der Waals surface area contributed by atoms with E-state index in [1.165, 1.54) is 23.1 Å². The van der Waals surface area contributed by atoms with Gasteiger partial charge in [0.25, 0.3) is 10.0 Å². The lowest BCUT2D eigenvalue weighted by molar-refractivity contribution is -0.139. The summed E-state index contributed by atoms with van der Waals surface area (Å²) in [5.41, 5.74) is 3.00. The van der Waals surface area contributed by atoms with Crippen LogP contribution in [0.1, 0.15) is 43.4 Å². The van der Waals surface area contributed by atoms with E-state index in [9.17, 15) is 18.0 Å². The Morgan fingerprint density at radius 3 is 2.31 bits per heavy atom. The summed E-state index contributed by atoms with van der Waals surface area (Å²) in [6.45, 7) is 7.65. The average Bonchev–Trinajstić information content (AvgIpc) is 2.91. The summed E-state index contributed by atoms with van der Waals surface area (Å²) in [5.74, 6) is -0.798. The molecule has 0 bridgehead atoms. The van der Waals surface area contributed by atoms with E-state index in [4.69, 9.17) is 11.6 Å². The molecule has 0 aromatic heterocycles. The first kappa shape index (κ1) is 30.2. The highest BCUT2D eigenvalue weighted by Crippen LogP contribution is 2.27. The number of aryl methyl sites for hydroxylation is 2. The molecule has 0 saturated carbocycles. The van der Waals surface area contributed by atoms with Crippen LogP contribution >= 0.6 is 11.6 Å². The highest BCUT2D eigenvalue weighted by molar-refractivity contribution is 7.92. The van der Waals surface area contributed by atoms with Crippen molar-refractivity contribution in [3.05, 3.63) is 94.5 Å². The van der Waals surface area contributed by atoms with Crippen molar-refractivity contribution in [3.63, 3.8) is 0 Å². The molecular formula is C30H36ClN3O4S. The summed E-state index contributed by atoms with van der Waals surface area (Å²) in [4.78, 5) is 28.5. The number of unbranched alkanes of at least 4 members (excludes halogenated alkanes) is 1. The molecule has 0 heterocycles. The highest BCUT2D eigenvalue weighted by Gasteiger charge is 2.32. The molecule has 0 aliphatic rings. The molecule has 3 rings (SSSR count). The van der Waals surface area contributed by atoms with Gasteiger partial charge in [-0.25, -0.2) is 8.42 Å². The van der Waals surface area contributed by atoms with Gasteiger partial charge in [0.15, 0.2) is 0 Å². The molecule has 3 aromatic carbocycles. The summed E-state index contributed by atoms with van der Waals surface area (Å²) in [6.07, 6.45) is 1.74. The molecule has 1 atom stereocenters. The summed E-state index contributed by atoms with van der Waals surface area (Å²) < 4.78 is 28.7. The van der Waals surface area contributed by atoms with Crippen molar-refractivity contribution in [2.45, 2.75) is 58.0 Å². The first-order valence-corrected chi connectivity index (χ1v) is 14.8. The number of hydrogen-bond acceptors (Lipinski definition) is 4. The number of anilines is 1. The van der Waals surface area contributed by atoms with Crippen LogP contribution in [0, 0.1) is 13.8 Å². The van der Waals surface area contributed by atoms with Crippen LogP contribution < -0.4 is 9.62 Å². The predicted molar refractivity (Wildman–Crippen MR) is 156 cm³/mol. The Hall–Kier alpha value is -3.36. The van der Waals surface area contributed by atoms with Crippen LogP contribution in [0.5, 0.6) is 0 Å². The lowest BCUT2D eigenvalue weighted by Crippen LogP contribution is -2.51. The molecule has 0 aliphatic carbocycles. The van der Waals surface area contributed by atoms with Crippen LogP contribution in [0.15, 0.2) is 77.7 Å². The predicted octanol–water partition coefficient (Wildman–Crippen LogP) is 5.49. The number of halogens is 1. The van der Waals surface area contributed by atoms with Gasteiger partial charge < -0.3 is 10.2 Å². The van der Waals surface area contributed by atoms with Gasteiger partial charge in [-0.05, 0) is 68.7 Å². The Morgan fingerprint density at radius 1 is 0.974 bits per heavy atom. The molecule has 208 valence electrons. The van der Waals surface area contributed by atoms with E-state index in [1.807, 2.05) is 45.0 Å². The Morgan fingerprint density at radius 2 is 1.67 bits per heavy atom. The molecule has 1 N–H and O–H groups in total. The normalized spacial score (nSPS) is 12.0. The zero-order chi connectivity index (χ0) is 28.6. The Balaban J connectivity index is 2.01. The second-order valence-electron chi connectivity index (χ2n) is 9.57. The summed E-state index contributed by atoms with van der Waals surface area (Å²) >= 11 is 6.21. The van der Waals surface area contributed by atoms with Crippen molar-refractivity contribution in [2.24, 2.45) is 0 Å². The second-order valence-corrected chi connectivity index (χ2v) is 11.9. The quantitative estimate of drug-likeness (QED) is 0.292. The smallest absolute Gasteiger partial charge is 0.264 e. The van der Waals surface area contributed by atoms with E-state index < -0.39 is 28.5 Å². The molecule has 0 aliphatic heterocycles. The molecule has 0 saturated heterocycles. The zero-order valence-corrected chi connectivity index (χ0v) is 24.4.